The Morgan fingerprint density at radius 2 is 1.82 bits per heavy atom. The summed E-state index contributed by atoms with van der Waals surface area (Å²) in [5.74, 6) is -5.33. The molecule has 2 aromatic carbocycles. The summed E-state index contributed by atoms with van der Waals surface area (Å²) in [7, 11) is 1.44. The predicted octanol–water partition coefficient (Wildman–Crippen LogP) is 4.07. The Kier molecular flexibility index (Phi) is 6.10. The van der Waals surface area contributed by atoms with Gasteiger partial charge in [0.2, 0.25) is 11.8 Å². The Bertz CT molecular complexity index is 1650. The van der Waals surface area contributed by atoms with Crippen molar-refractivity contribution < 1.29 is 38.9 Å². The van der Waals surface area contributed by atoms with E-state index in [0.717, 1.165) is 10.5 Å². The fourth-order valence-corrected chi connectivity index (χ4v) is 6.98. The van der Waals surface area contributed by atoms with Crippen molar-refractivity contribution in [3.63, 3.8) is 0 Å². The van der Waals surface area contributed by atoms with Gasteiger partial charge >= 0.3 is 5.97 Å². The largest absolute Gasteiger partial charge is 0.508 e. The van der Waals surface area contributed by atoms with Crippen LogP contribution in [-0.2, 0) is 19.2 Å². The van der Waals surface area contributed by atoms with Crippen molar-refractivity contribution in [2.75, 3.05) is 12.0 Å². The molecule has 1 heterocycles. The molecule has 1 aliphatic heterocycles. The van der Waals surface area contributed by atoms with E-state index in [1.165, 1.54) is 49.6 Å². The number of carboxylic acid groups (broad SMARTS) is 1. The van der Waals surface area contributed by atoms with E-state index in [1.807, 2.05) is 6.08 Å². The topological polar surface area (TPSA) is 138 Å². The second-order valence-corrected chi connectivity index (χ2v) is 11.0. The number of fused-ring (bicyclic) bond motifs is 3. The number of allylic oxidation sites excluding steroid dienone is 6. The number of carbonyl (C=O) groups is 5. The van der Waals surface area contributed by atoms with Gasteiger partial charge in [0.05, 0.1) is 34.7 Å². The number of Topliss-reactive ketones (excluding diaryl/α,β-unsaturated/α-hetero) is 1. The van der Waals surface area contributed by atoms with Gasteiger partial charge in [-0.25, -0.2) is 4.79 Å². The number of benzene rings is 2. The number of hydrogen-bond acceptors (Lipinski definition) is 7. The first-order valence-electron chi connectivity index (χ1n) is 12.6. The highest BCUT2D eigenvalue weighted by atomic mass is 79.9. The zero-order valence-electron chi connectivity index (χ0n) is 21.1. The van der Waals surface area contributed by atoms with Gasteiger partial charge in [-0.3, -0.25) is 24.1 Å². The number of halogens is 1. The highest BCUT2D eigenvalue weighted by Crippen LogP contribution is 2.56. The molecule has 4 atom stereocenters. The first-order valence-corrected chi connectivity index (χ1v) is 13.4. The molecular weight excluding hydrogens is 582 g/mol. The molecule has 2 amide bonds. The first kappa shape index (κ1) is 25.9. The molecule has 0 spiro atoms. The van der Waals surface area contributed by atoms with Gasteiger partial charge in [-0.05, 0) is 59.0 Å². The van der Waals surface area contributed by atoms with Crippen LogP contribution >= 0.6 is 15.9 Å². The van der Waals surface area contributed by atoms with Crippen molar-refractivity contribution in [3.8, 4) is 11.5 Å². The molecule has 4 aliphatic rings. The number of ether oxygens (including phenoxy) is 1. The van der Waals surface area contributed by atoms with Crippen molar-refractivity contribution in [1.82, 2.24) is 0 Å². The van der Waals surface area contributed by atoms with E-state index in [9.17, 15) is 34.2 Å². The number of imide groups is 1. The lowest BCUT2D eigenvalue weighted by Crippen LogP contribution is -2.39. The molecule has 0 aromatic heterocycles. The molecule has 0 radical (unpaired) electrons. The third-order valence-electron chi connectivity index (χ3n) is 8.21. The third-order valence-corrected chi connectivity index (χ3v) is 8.80. The summed E-state index contributed by atoms with van der Waals surface area (Å²) in [5.41, 5.74) is 1.97. The van der Waals surface area contributed by atoms with Gasteiger partial charge in [0, 0.05) is 34.8 Å². The number of ketones is 2. The highest BCUT2D eigenvalue weighted by molar-refractivity contribution is 9.12. The zero-order valence-corrected chi connectivity index (χ0v) is 22.7. The monoisotopic (exact) mass is 603 g/mol. The maximum atomic E-state index is 14.0. The smallest absolute Gasteiger partial charge is 0.335 e. The molecule has 10 heteroatoms. The molecule has 2 N–H and O–H groups in total. The Hall–Kier alpha value is -4.31. The number of aromatic carboxylic acids is 1. The quantitative estimate of drug-likeness (QED) is 0.303. The van der Waals surface area contributed by atoms with E-state index in [4.69, 9.17) is 4.74 Å². The van der Waals surface area contributed by atoms with E-state index < -0.39 is 41.5 Å². The molecule has 6 rings (SSSR count). The van der Waals surface area contributed by atoms with Crippen LogP contribution in [0.1, 0.15) is 34.7 Å². The third kappa shape index (κ3) is 3.77. The molecule has 3 aliphatic carbocycles. The number of nitrogens with zero attached hydrogens (tertiary/aromatic N) is 1. The molecule has 0 saturated carbocycles. The second kappa shape index (κ2) is 9.41. The zero-order chi connectivity index (χ0) is 28.5. The minimum atomic E-state index is -1.18. The summed E-state index contributed by atoms with van der Waals surface area (Å²) in [4.78, 5) is 66.8. The van der Waals surface area contributed by atoms with Gasteiger partial charge < -0.3 is 14.9 Å². The van der Waals surface area contributed by atoms with Crippen molar-refractivity contribution in [2.24, 2.45) is 17.8 Å². The SMILES string of the molecule is COc1cc(O)ccc1C1C2=CCC3C(=O)N(c4cccc(C(=O)O)c4)C(=O)C3C2CC2=C1C(=O)C=C(Br)C2=O. The van der Waals surface area contributed by atoms with Crippen LogP contribution in [0.5, 0.6) is 11.5 Å². The van der Waals surface area contributed by atoms with Gasteiger partial charge in [0.1, 0.15) is 11.5 Å². The van der Waals surface area contributed by atoms with Crippen molar-refractivity contribution >= 4 is 51.0 Å². The van der Waals surface area contributed by atoms with Crippen molar-refractivity contribution in [1.29, 1.82) is 0 Å². The lowest BCUT2D eigenvalue weighted by molar-refractivity contribution is -0.123. The number of phenols is 1. The maximum absolute atomic E-state index is 14.0. The number of methoxy groups -OCH3 is 1. The van der Waals surface area contributed by atoms with Crippen LogP contribution in [0.3, 0.4) is 0 Å². The Morgan fingerprint density at radius 3 is 2.55 bits per heavy atom. The molecule has 1 saturated heterocycles. The van der Waals surface area contributed by atoms with Gasteiger partial charge in [-0.15, -0.1) is 0 Å². The summed E-state index contributed by atoms with van der Waals surface area (Å²) in [6, 6.07) is 10.2. The Balaban J connectivity index is 1.49. The molecule has 1 fully saturated rings. The van der Waals surface area contributed by atoms with Gasteiger partial charge in [-0.1, -0.05) is 23.8 Å². The van der Waals surface area contributed by atoms with Crippen LogP contribution in [0.25, 0.3) is 0 Å². The average Bonchev–Trinajstić information content (AvgIpc) is 3.20. The number of rotatable bonds is 4. The van der Waals surface area contributed by atoms with Crippen molar-refractivity contribution in [2.45, 2.75) is 18.8 Å². The van der Waals surface area contributed by atoms with Crippen LogP contribution < -0.4 is 9.64 Å². The summed E-state index contributed by atoms with van der Waals surface area (Å²) in [6.07, 6.45) is 3.45. The normalized spacial score (nSPS) is 25.7. The standard InChI is InChI=1S/C30H22BrNO8/c1-40-23-10-15(33)5-6-17(23)24-16-7-8-18-25(19(16)11-20-26(24)22(34)12-21(31)27(20)35)29(37)32(28(18)36)14-4-2-3-13(9-14)30(38)39/h2-7,9-10,12,18-19,24-25,33H,8,11H2,1H3,(H,38,39). The van der Waals surface area contributed by atoms with E-state index in [1.54, 1.807) is 6.07 Å². The van der Waals surface area contributed by atoms with Gasteiger partial charge in [-0.2, -0.15) is 0 Å². The minimum absolute atomic E-state index is 0.0376. The molecule has 0 bridgehead atoms. The number of aromatic hydroxyl groups is 1. The molecule has 2 aromatic rings. The van der Waals surface area contributed by atoms with Crippen LogP contribution in [-0.4, -0.2) is 46.7 Å². The van der Waals surface area contributed by atoms with Gasteiger partial charge in [0.15, 0.2) is 11.6 Å². The Morgan fingerprint density at radius 1 is 1.05 bits per heavy atom. The number of anilines is 1. The second-order valence-electron chi connectivity index (χ2n) is 10.2. The fraction of sp³-hybridized carbons (Fsp3) is 0.233. The maximum Gasteiger partial charge on any atom is 0.335 e. The lowest BCUT2D eigenvalue weighted by Gasteiger charge is -2.42. The van der Waals surface area contributed by atoms with E-state index in [-0.39, 0.29) is 51.5 Å². The average molecular weight is 604 g/mol. The minimum Gasteiger partial charge on any atom is -0.508 e. The number of carbonyl (C=O) groups excluding carboxylic acids is 4. The highest BCUT2D eigenvalue weighted by Gasteiger charge is 2.57. The summed E-state index contributed by atoms with van der Waals surface area (Å²) in [6.45, 7) is 0. The molecule has 40 heavy (non-hydrogen) atoms. The molecule has 202 valence electrons. The number of amides is 2. The molecular formula is C30H22BrNO8. The number of hydrogen-bond donors (Lipinski definition) is 2. The Labute approximate surface area is 236 Å². The lowest BCUT2D eigenvalue weighted by atomic mass is 9.59. The summed E-state index contributed by atoms with van der Waals surface area (Å²) in [5, 5.41) is 19.5. The van der Waals surface area contributed by atoms with Gasteiger partial charge in [0.25, 0.3) is 0 Å². The molecule has 9 nitrogen and oxygen atoms in total. The fourth-order valence-electron chi connectivity index (χ4n) is 6.53. The summed E-state index contributed by atoms with van der Waals surface area (Å²) < 4.78 is 5.66. The van der Waals surface area contributed by atoms with Crippen LogP contribution in [0.2, 0.25) is 0 Å². The summed E-state index contributed by atoms with van der Waals surface area (Å²) >= 11 is 3.20. The number of phenolic OH excluding ortho intramolecular Hbond substituents is 1. The van der Waals surface area contributed by atoms with E-state index in [0.29, 0.717) is 16.9 Å². The van der Waals surface area contributed by atoms with Crippen LogP contribution in [0.4, 0.5) is 5.69 Å². The van der Waals surface area contributed by atoms with Crippen LogP contribution in [0.15, 0.2) is 75.8 Å². The van der Waals surface area contributed by atoms with E-state index >= 15 is 0 Å². The first-order chi connectivity index (χ1) is 19.1. The van der Waals surface area contributed by atoms with Crippen molar-refractivity contribution in [3.05, 3.63) is 86.9 Å². The molecule has 4 unspecified atom stereocenters. The van der Waals surface area contributed by atoms with Crippen LogP contribution in [0, 0.1) is 17.8 Å². The predicted molar refractivity (Wildman–Crippen MR) is 145 cm³/mol. The number of carboxylic acids is 1. The van der Waals surface area contributed by atoms with E-state index in [2.05, 4.69) is 15.9 Å².